The molecule has 1 aromatic heterocycles. The zero-order valence-corrected chi connectivity index (χ0v) is 22.4. The molecule has 3 aromatic carbocycles. The van der Waals surface area contributed by atoms with Crippen molar-refractivity contribution in [3.63, 3.8) is 0 Å². The molecule has 2 saturated heterocycles. The third-order valence-electron chi connectivity index (χ3n) is 7.69. The van der Waals surface area contributed by atoms with Crippen LogP contribution in [0.5, 0.6) is 0 Å². The Bertz CT molecular complexity index is 1650. The predicted molar refractivity (Wildman–Crippen MR) is 142 cm³/mol. The van der Waals surface area contributed by atoms with Crippen LogP contribution in [0.4, 0.5) is 13.2 Å². The molecule has 0 bridgehead atoms. The van der Waals surface area contributed by atoms with Crippen molar-refractivity contribution < 1.29 is 42.8 Å². The van der Waals surface area contributed by atoms with E-state index in [-0.39, 0.29) is 24.3 Å². The first-order valence-electron chi connectivity index (χ1n) is 13.0. The maximum Gasteiger partial charge on any atom is 0.251 e. The molecular formula is C28H24ClF3N4O6. The summed E-state index contributed by atoms with van der Waals surface area (Å²) in [5.74, 6) is -6.91. The molecule has 2 aliphatic heterocycles. The van der Waals surface area contributed by atoms with Gasteiger partial charge in [0.1, 0.15) is 30.0 Å². The van der Waals surface area contributed by atoms with E-state index in [1.54, 1.807) is 30.3 Å². The largest absolute Gasteiger partial charge is 0.394 e. The van der Waals surface area contributed by atoms with Crippen molar-refractivity contribution in [2.24, 2.45) is 0 Å². The van der Waals surface area contributed by atoms with Crippen molar-refractivity contribution in [1.29, 1.82) is 0 Å². The van der Waals surface area contributed by atoms with Crippen molar-refractivity contribution in [1.82, 2.24) is 20.3 Å². The average molecular weight is 605 g/mol. The minimum atomic E-state index is -1.91. The molecule has 42 heavy (non-hydrogen) atoms. The second kappa shape index (κ2) is 10.9. The van der Waals surface area contributed by atoms with E-state index < -0.39 is 66.1 Å². The summed E-state index contributed by atoms with van der Waals surface area (Å²) in [6.45, 7) is -0.620. The summed E-state index contributed by atoms with van der Waals surface area (Å²) in [7, 11) is 0. The fourth-order valence-electron chi connectivity index (χ4n) is 5.57. The van der Waals surface area contributed by atoms with Gasteiger partial charge in [0.05, 0.1) is 25.5 Å². The average Bonchev–Trinajstić information content (AvgIpc) is 3.62. The molecule has 2 aliphatic rings. The second-order valence-electron chi connectivity index (χ2n) is 10.2. The van der Waals surface area contributed by atoms with Gasteiger partial charge < -0.3 is 30.1 Å². The van der Waals surface area contributed by atoms with Crippen LogP contribution < -0.4 is 5.32 Å². The van der Waals surface area contributed by atoms with Crippen LogP contribution in [0.1, 0.15) is 22.8 Å². The van der Waals surface area contributed by atoms with Gasteiger partial charge in [-0.1, -0.05) is 35.0 Å². The van der Waals surface area contributed by atoms with Gasteiger partial charge in [-0.15, -0.1) is 5.10 Å². The third kappa shape index (κ3) is 4.71. The SMILES string of the molecule is O=C(N[C@@H]1CCO[C@]12O[C@H](CO)[C@H](O)[C@H](n1cc(-c3cc(F)c(F)c(F)c3)nn1)[C@H]2O)c1ccc2c(Cl)cccc2c1. The molecule has 3 heterocycles. The summed E-state index contributed by atoms with van der Waals surface area (Å²) in [5.41, 5.74) is 0.0926. The maximum atomic E-state index is 13.8. The van der Waals surface area contributed by atoms with Gasteiger partial charge in [-0.3, -0.25) is 4.79 Å². The Morgan fingerprint density at radius 3 is 2.64 bits per heavy atom. The van der Waals surface area contributed by atoms with E-state index in [0.29, 0.717) is 10.6 Å². The molecule has 0 radical (unpaired) electrons. The molecule has 6 atom stereocenters. The first-order valence-corrected chi connectivity index (χ1v) is 13.4. The lowest BCUT2D eigenvalue weighted by Gasteiger charge is -2.49. The molecule has 0 saturated carbocycles. The lowest BCUT2D eigenvalue weighted by Crippen LogP contribution is -2.69. The van der Waals surface area contributed by atoms with E-state index in [2.05, 4.69) is 15.6 Å². The van der Waals surface area contributed by atoms with Crippen LogP contribution in [0.15, 0.2) is 54.7 Å². The summed E-state index contributed by atoms with van der Waals surface area (Å²) in [6.07, 6.45) is -3.08. The number of aromatic nitrogens is 3. The Hall–Kier alpha value is -3.59. The molecule has 1 amide bonds. The number of hydrogen-bond donors (Lipinski definition) is 4. The smallest absolute Gasteiger partial charge is 0.251 e. The van der Waals surface area contributed by atoms with Gasteiger partial charge in [-0.2, -0.15) is 0 Å². The number of fused-ring (bicyclic) bond motifs is 1. The topological polar surface area (TPSA) is 139 Å². The number of carbonyl (C=O) groups is 1. The highest BCUT2D eigenvalue weighted by molar-refractivity contribution is 6.35. The number of aliphatic hydroxyl groups is 3. The van der Waals surface area contributed by atoms with Gasteiger partial charge in [0, 0.05) is 21.5 Å². The van der Waals surface area contributed by atoms with Crippen LogP contribution >= 0.6 is 11.6 Å². The summed E-state index contributed by atoms with van der Waals surface area (Å²) in [6, 6.07) is 9.49. The van der Waals surface area contributed by atoms with E-state index in [1.807, 2.05) is 6.07 Å². The normalized spacial score (nSPS) is 27.5. The highest BCUT2D eigenvalue weighted by Crippen LogP contribution is 2.43. The number of benzene rings is 3. The van der Waals surface area contributed by atoms with Crippen LogP contribution in [-0.2, 0) is 9.47 Å². The van der Waals surface area contributed by atoms with Gasteiger partial charge in [-0.05, 0) is 42.1 Å². The van der Waals surface area contributed by atoms with E-state index in [1.165, 1.54) is 6.20 Å². The van der Waals surface area contributed by atoms with Crippen molar-refractivity contribution >= 4 is 28.3 Å². The molecule has 4 N–H and O–H groups in total. The van der Waals surface area contributed by atoms with Crippen LogP contribution in [0.3, 0.4) is 0 Å². The van der Waals surface area contributed by atoms with Crippen LogP contribution in [-0.4, -0.2) is 79.6 Å². The molecule has 1 spiro atoms. The van der Waals surface area contributed by atoms with Gasteiger partial charge in [0.25, 0.3) is 5.91 Å². The van der Waals surface area contributed by atoms with E-state index >= 15 is 0 Å². The van der Waals surface area contributed by atoms with Crippen molar-refractivity contribution in [3.8, 4) is 11.3 Å². The summed E-state index contributed by atoms with van der Waals surface area (Å²) < 4.78 is 53.9. The lowest BCUT2D eigenvalue weighted by atomic mass is 9.86. The van der Waals surface area contributed by atoms with E-state index in [9.17, 15) is 33.3 Å². The Labute approximate surface area is 241 Å². The fourth-order valence-corrected chi connectivity index (χ4v) is 5.82. The number of nitrogens with zero attached hydrogens (tertiary/aromatic N) is 3. The molecule has 6 rings (SSSR count). The number of amides is 1. The molecular weight excluding hydrogens is 581 g/mol. The molecule has 0 aliphatic carbocycles. The number of carbonyl (C=O) groups excluding carboxylic acids is 1. The minimum absolute atomic E-state index is 0.0625. The van der Waals surface area contributed by atoms with Gasteiger partial charge >= 0.3 is 0 Å². The van der Waals surface area contributed by atoms with Crippen molar-refractivity contribution in [2.45, 2.75) is 42.6 Å². The number of ether oxygens (including phenoxy) is 2. The number of aliphatic hydroxyl groups excluding tert-OH is 3. The highest BCUT2D eigenvalue weighted by Gasteiger charge is 2.62. The first-order chi connectivity index (χ1) is 20.1. The van der Waals surface area contributed by atoms with E-state index in [4.69, 9.17) is 21.1 Å². The predicted octanol–water partition coefficient (Wildman–Crippen LogP) is 2.74. The quantitative estimate of drug-likeness (QED) is 0.255. The van der Waals surface area contributed by atoms with Gasteiger partial charge in [0.2, 0.25) is 5.79 Å². The van der Waals surface area contributed by atoms with Gasteiger partial charge in [-0.25, -0.2) is 17.9 Å². The zero-order valence-electron chi connectivity index (χ0n) is 21.6. The van der Waals surface area contributed by atoms with Crippen molar-refractivity contribution in [2.75, 3.05) is 13.2 Å². The Morgan fingerprint density at radius 2 is 1.90 bits per heavy atom. The summed E-state index contributed by atoms with van der Waals surface area (Å²) in [4.78, 5) is 13.3. The van der Waals surface area contributed by atoms with Crippen LogP contribution in [0.2, 0.25) is 5.02 Å². The Kier molecular flexibility index (Phi) is 7.41. The summed E-state index contributed by atoms with van der Waals surface area (Å²) >= 11 is 6.24. The summed E-state index contributed by atoms with van der Waals surface area (Å²) in [5, 5.41) is 45.2. The minimum Gasteiger partial charge on any atom is -0.394 e. The standard InChI is InChI=1S/C28H24ClF3N4O6/c29-17-3-1-2-13-8-14(4-5-16(13)17)27(40)33-22-6-7-41-28(22)26(39)24(25(38)21(12-37)42-28)36-11-20(34-35-36)15-9-18(30)23(32)19(31)10-15/h1-5,8-11,21-22,24-26,37-39H,6-7,12H2,(H,33,40)/t21-,22-,24+,25+,26-,28+/m1/s1. The van der Waals surface area contributed by atoms with E-state index in [0.717, 1.165) is 27.6 Å². The number of rotatable bonds is 5. The first kappa shape index (κ1) is 28.5. The number of halogens is 4. The molecule has 14 heteroatoms. The Balaban J connectivity index is 1.30. The maximum absolute atomic E-state index is 13.8. The highest BCUT2D eigenvalue weighted by atomic mass is 35.5. The number of hydrogen-bond acceptors (Lipinski definition) is 8. The molecule has 4 aromatic rings. The second-order valence-corrected chi connectivity index (χ2v) is 10.6. The molecule has 220 valence electrons. The van der Waals surface area contributed by atoms with Gasteiger partial charge in [0.15, 0.2) is 17.5 Å². The van der Waals surface area contributed by atoms with Crippen LogP contribution in [0, 0.1) is 17.5 Å². The van der Waals surface area contributed by atoms with Crippen LogP contribution in [0.25, 0.3) is 22.0 Å². The third-order valence-corrected chi connectivity index (χ3v) is 8.02. The lowest BCUT2D eigenvalue weighted by molar-refractivity contribution is -0.344. The molecule has 2 fully saturated rings. The fraction of sp³-hybridized carbons (Fsp3) is 0.321. The monoisotopic (exact) mass is 604 g/mol. The van der Waals surface area contributed by atoms with Crippen molar-refractivity contribution in [3.05, 3.63) is 82.8 Å². The number of nitrogens with one attached hydrogen (secondary N) is 1. The molecule has 10 nitrogen and oxygen atoms in total. The molecule has 0 unspecified atom stereocenters. The zero-order chi connectivity index (χ0) is 29.8. The Morgan fingerprint density at radius 1 is 1.14 bits per heavy atom.